The topological polar surface area (TPSA) is 67.3 Å². The Morgan fingerprint density at radius 3 is 2.41 bits per heavy atom. The smallest absolute Gasteiger partial charge is 0.224 e. The molecule has 1 atom stereocenters. The first-order valence-corrected chi connectivity index (χ1v) is 12.0. The number of hydrogen-bond acceptors (Lipinski definition) is 5. The fourth-order valence-corrected chi connectivity index (χ4v) is 5.07. The highest BCUT2D eigenvalue weighted by Gasteiger charge is 2.27. The monoisotopic (exact) mass is 436 g/mol. The molecule has 6 nitrogen and oxygen atoms in total. The first-order valence-electron chi connectivity index (χ1n) is 12.0. The molecule has 0 radical (unpaired) electrons. The zero-order chi connectivity index (χ0) is 22.5. The summed E-state index contributed by atoms with van der Waals surface area (Å²) in [6.07, 6.45) is 7.38. The number of carbonyl (C=O) groups excluding carboxylic acids is 1. The normalized spacial score (nSPS) is 19.8. The molecule has 4 rings (SSSR count). The molecule has 2 fully saturated rings. The van der Waals surface area contributed by atoms with Crippen LogP contribution in [0.25, 0.3) is 0 Å². The fourth-order valence-electron chi connectivity index (χ4n) is 5.07. The lowest BCUT2D eigenvalue weighted by molar-refractivity contribution is -0.121. The minimum Gasteiger partial charge on any atom is -0.497 e. The van der Waals surface area contributed by atoms with E-state index in [1.165, 1.54) is 24.8 Å². The first-order chi connectivity index (χ1) is 15.5. The number of nitrogens with zero attached hydrogens (tertiary/aromatic N) is 3. The Hall–Kier alpha value is -2.47. The minimum atomic E-state index is 0.103. The van der Waals surface area contributed by atoms with Gasteiger partial charge in [-0.25, -0.2) is 9.97 Å². The van der Waals surface area contributed by atoms with Crippen molar-refractivity contribution in [2.24, 2.45) is 0 Å². The Bertz CT molecular complexity index is 899. The van der Waals surface area contributed by atoms with E-state index in [1.54, 1.807) is 7.11 Å². The summed E-state index contributed by atoms with van der Waals surface area (Å²) in [6, 6.07) is 8.63. The highest BCUT2D eigenvalue weighted by Crippen LogP contribution is 2.28. The van der Waals surface area contributed by atoms with Gasteiger partial charge in [-0.2, -0.15) is 0 Å². The second-order valence-corrected chi connectivity index (χ2v) is 9.38. The van der Waals surface area contributed by atoms with Crippen LogP contribution in [0.3, 0.4) is 0 Å². The van der Waals surface area contributed by atoms with Gasteiger partial charge in [-0.15, -0.1) is 0 Å². The van der Waals surface area contributed by atoms with Crippen molar-refractivity contribution in [3.8, 4) is 5.75 Å². The number of methoxy groups -OCH3 is 1. The van der Waals surface area contributed by atoms with E-state index < -0.39 is 0 Å². The van der Waals surface area contributed by atoms with Gasteiger partial charge in [0.25, 0.3) is 0 Å². The maximum atomic E-state index is 12.6. The summed E-state index contributed by atoms with van der Waals surface area (Å²) in [7, 11) is 1.69. The molecule has 2 aliphatic rings. The molecule has 1 aliphatic carbocycles. The summed E-state index contributed by atoms with van der Waals surface area (Å²) >= 11 is 0. The molecular formula is C26H36N4O2. The molecule has 172 valence electrons. The summed E-state index contributed by atoms with van der Waals surface area (Å²) < 4.78 is 5.25. The van der Waals surface area contributed by atoms with E-state index in [0.29, 0.717) is 18.4 Å². The van der Waals surface area contributed by atoms with Crippen LogP contribution in [0.2, 0.25) is 0 Å². The fraction of sp³-hybridized carbons (Fsp3) is 0.577. The van der Waals surface area contributed by atoms with Crippen molar-refractivity contribution in [3.63, 3.8) is 0 Å². The predicted octanol–water partition coefficient (Wildman–Crippen LogP) is 4.08. The zero-order valence-corrected chi connectivity index (χ0v) is 19.7. The van der Waals surface area contributed by atoms with Crippen LogP contribution in [-0.2, 0) is 17.8 Å². The largest absolute Gasteiger partial charge is 0.497 e. The highest BCUT2D eigenvalue weighted by molar-refractivity contribution is 5.79. The SMILES string of the molecule is COc1ccc(CN2CC[C@H](c3nc(C)c(CC(=O)NC4CCCCC4)c(C)n3)C2)cc1. The molecule has 0 bridgehead atoms. The van der Waals surface area contributed by atoms with Crippen molar-refractivity contribution < 1.29 is 9.53 Å². The van der Waals surface area contributed by atoms with Crippen LogP contribution in [0.4, 0.5) is 0 Å². The van der Waals surface area contributed by atoms with Crippen LogP contribution in [0.5, 0.6) is 5.75 Å². The maximum Gasteiger partial charge on any atom is 0.224 e. The second kappa shape index (κ2) is 10.4. The number of hydrogen-bond donors (Lipinski definition) is 1. The summed E-state index contributed by atoms with van der Waals surface area (Å²) in [6.45, 7) is 6.98. The van der Waals surface area contributed by atoms with Crippen LogP contribution in [0.1, 0.15) is 72.8 Å². The summed E-state index contributed by atoms with van der Waals surface area (Å²) in [4.78, 5) is 24.8. The van der Waals surface area contributed by atoms with Gasteiger partial charge in [-0.1, -0.05) is 31.4 Å². The van der Waals surface area contributed by atoms with Crippen molar-refractivity contribution in [1.29, 1.82) is 0 Å². The third kappa shape index (κ3) is 5.66. The third-order valence-corrected chi connectivity index (χ3v) is 6.95. The molecule has 1 saturated carbocycles. The highest BCUT2D eigenvalue weighted by atomic mass is 16.5. The molecule has 2 aromatic rings. The number of aryl methyl sites for hydroxylation is 2. The van der Waals surface area contributed by atoms with Crippen LogP contribution < -0.4 is 10.1 Å². The van der Waals surface area contributed by atoms with Crippen molar-refractivity contribution in [2.75, 3.05) is 20.2 Å². The van der Waals surface area contributed by atoms with Crippen LogP contribution in [-0.4, -0.2) is 47.0 Å². The maximum absolute atomic E-state index is 12.6. The van der Waals surface area contributed by atoms with Gasteiger partial charge in [0.15, 0.2) is 0 Å². The van der Waals surface area contributed by atoms with E-state index >= 15 is 0 Å². The number of likely N-dealkylation sites (tertiary alicyclic amines) is 1. The Labute approximate surface area is 191 Å². The van der Waals surface area contributed by atoms with Crippen molar-refractivity contribution in [3.05, 3.63) is 52.6 Å². The van der Waals surface area contributed by atoms with E-state index in [2.05, 4.69) is 22.3 Å². The van der Waals surface area contributed by atoms with Crippen molar-refractivity contribution in [1.82, 2.24) is 20.2 Å². The van der Waals surface area contributed by atoms with Gasteiger partial charge in [0.05, 0.1) is 13.5 Å². The third-order valence-electron chi connectivity index (χ3n) is 6.95. The number of ether oxygens (including phenoxy) is 1. The Morgan fingerprint density at radius 2 is 1.75 bits per heavy atom. The standard InChI is InChI=1S/C26H36N4O2/c1-18-24(15-25(31)29-22-7-5-4-6-8-22)19(2)28-26(27-18)21-13-14-30(17-21)16-20-9-11-23(32-3)12-10-20/h9-12,21-22H,4-8,13-17H2,1-3H3,(H,29,31)/t21-/m0/s1. The number of amides is 1. The van der Waals surface area contributed by atoms with Crippen molar-refractivity contribution >= 4 is 5.91 Å². The van der Waals surface area contributed by atoms with E-state index in [4.69, 9.17) is 14.7 Å². The lowest BCUT2D eigenvalue weighted by Gasteiger charge is -2.23. The Balaban J connectivity index is 1.35. The number of carbonyl (C=O) groups is 1. The molecule has 0 spiro atoms. The van der Waals surface area contributed by atoms with Gasteiger partial charge in [-0.05, 0) is 57.4 Å². The number of benzene rings is 1. The molecule has 1 saturated heterocycles. The van der Waals surface area contributed by atoms with E-state index in [9.17, 15) is 4.79 Å². The lowest BCUT2D eigenvalue weighted by Crippen LogP contribution is -2.37. The molecule has 32 heavy (non-hydrogen) atoms. The minimum absolute atomic E-state index is 0.103. The Kier molecular flexibility index (Phi) is 7.40. The van der Waals surface area contributed by atoms with Crippen LogP contribution in [0.15, 0.2) is 24.3 Å². The zero-order valence-electron chi connectivity index (χ0n) is 19.7. The van der Waals surface area contributed by atoms with Gasteiger partial charge in [0.1, 0.15) is 11.6 Å². The Morgan fingerprint density at radius 1 is 1.06 bits per heavy atom. The molecule has 0 unspecified atom stereocenters. The molecule has 2 heterocycles. The van der Waals surface area contributed by atoms with Gasteiger partial charge in [0, 0.05) is 42.0 Å². The summed E-state index contributed by atoms with van der Waals surface area (Å²) in [5.74, 6) is 2.26. The molecule has 1 aromatic heterocycles. The molecule has 1 aliphatic heterocycles. The first kappa shape index (κ1) is 22.7. The molecule has 1 amide bonds. The average Bonchev–Trinajstić information content (AvgIpc) is 3.26. The van der Waals surface area contributed by atoms with Crippen LogP contribution >= 0.6 is 0 Å². The molecular weight excluding hydrogens is 400 g/mol. The molecule has 6 heteroatoms. The molecule has 1 N–H and O–H groups in total. The van der Waals surface area contributed by atoms with E-state index in [1.807, 2.05) is 26.0 Å². The van der Waals surface area contributed by atoms with Crippen LogP contribution in [0, 0.1) is 13.8 Å². The predicted molar refractivity (Wildman–Crippen MR) is 126 cm³/mol. The number of nitrogens with one attached hydrogen (secondary N) is 1. The lowest BCUT2D eigenvalue weighted by atomic mass is 9.95. The van der Waals surface area contributed by atoms with E-state index in [-0.39, 0.29) is 5.91 Å². The van der Waals surface area contributed by atoms with Gasteiger partial charge < -0.3 is 10.1 Å². The van der Waals surface area contributed by atoms with Crippen molar-refractivity contribution in [2.45, 2.75) is 77.3 Å². The number of rotatable bonds is 7. The van der Waals surface area contributed by atoms with Gasteiger partial charge in [0.2, 0.25) is 5.91 Å². The average molecular weight is 437 g/mol. The quantitative estimate of drug-likeness (QED) is 0.708. The van der Waals surface area contributed by atoms with E-state index in [0.717, 1.165) is 67.4 Å². The van der Waals surface area contributed by atoms with Gasteiger partial charge >= 0.3 is 0 Å². The van der Waals surface area contributed by atoms with Gasteiger partial charge in [-0.3, -0.25) is 9.69 Å². The molecule has 1 aromatic carbocycles. The summed E-state index contributed by atoms with van der Waals surface area (Å²) in [5, 5.41) is 3.22. The number of aromatic nitrogens is 2. The second-order valence-electron chi connectivity index (χ2n) is 9.38. The summed E-state index contributed by atoms with van der Waals surface area (Å²) in [5.41, 5.74) is 4.16.